The van der Waals surface area contributed by atoms with Gasteiger partial charge < -0.3 is 0 Å². The average molecular weight is 183 g/mol. The predicted octanol–water partition coefficient (Wildman–Crippen LogP) is 3.93. The van der Waals surface area contributed by atoms with Crippen molar-refractivity contribution in [2.45, 2.75) is 53.9 Å². The Bertz CT molecular complexity index is 160. The van der Waals surface area contributed by atoms with E-state index in [2.05, 4.69) is 39.6 Å². The van der Waals surface area contributed by atoms with E-state index in [4.69, 9.17) is 0 Å². The first-order valence-corrected chi connectivity index (χ1v) is 5.34. The molecule has 0 rings (SSSR count). The number of hydrogen-bond acceptors (Lipinski definition) is 1. The van der Waals surface area contributed by atoms with Gasteiger partial charge >= 0.3 is 0 Å². The summed E-state index contributed by atoms with van der Waals surface area (Å²) < 4.78 is 0. The fourth-order valence-electron chi connectivity index (χ4n) is 1.50. The summed E-state index contributed by atoms with van der Waals surface area (Å²) in [7, 11) is 1.91. The topological polar surface area (TPSA) is 12.4 Å². The molecule has 0 fully saturated rings. The lowest BCUT2D eigenvalue weighted by Crippen LogP contribution is -2.20. The van der Waals surface area contributed by atoms with Crippen molar-refractivity contribution >= 4 is 5.71 Å². The molecule has 1 heteroatoms. The number of aliphatic imine (C=N–C) groups is 1. The van der Waals surface area contributed by atoms with Crippen LogP contribution in [0.15, 0.2) is 4.99 Å². The Hall–Kier alpha value is -0.330. The van der Waals surface area contributed by atoms with Crippen molar-refractivity contribution in [3.63, 3.8) is 0 Å². The third-order valence-electron chi connectivity index (χ3n) is 2.33. The molecule has 0 heterocycles. The molecular formula is C12H25N. The molecule has 0 aromatic carbocycles. The van der Waals surface area contributed by atoms with E-state index >= 15 is 0 Å². The summed E-state index contributed by atoms with van der Waals surface area (Å²) in [5.74, 6) is 0.818. The zero-order valence-electron chi connectivity index (χ0n) is 10.1. The second-order valence-corrected chi connectivity index (χ2v) is 5.21. The van der Waals surface area contributed by atoms with E-state index < -0.39 is 0 Å². The Morgan fingerprint density at radius 1 is 1.23 bits per heavy atom. The lowest BCUT2D eigenvalue weighted by atomic mass is 9.86. The van der Waals surface area contributed by atoms with E-state index in [0.717, 1.165) is 12.3 Å². The molecule has 13 heavy (non-hydrogen) atoms. The van der Waals surface area contributed by atoms with Crippen molar-refractivity contribution in [3.05, 3.63) is 0 Å². The average Bonchev–Trinajstić information content (AvgIpc) is 1.95. The third kappa shape index (κ3) is 5.84. The van der Waals surface area contributed by atoms with E-state index in [9.17, 15) is 0 Å². The number of rotatable bonds is 4. The van der Waals surface area contributed by atoms with Crippen LogP contribution in [0, 0.1) is 11.3 Å². The first-order chi connectivity index (χ1) is 5.88. The molecule has 0 aliphatic rings. The van der Waals surface area contributed by atoms with Crippen molar-refractivity contribution < 1.29 is 0 Å². The second kappa shape index (κ2) is 5.41. The van der Waals surface area contributed by atoms with Crippen LogP contribution >= 0.6 is 0 Å². The highest BCUT2D eigenvalue weighted by atomic mass is 14.7. The van der Waals surface area contributed by atoms with E-state index in [1.165, 1.54) is 18.6 Å². The standard InChI is InChI=1S/C12H25N/c1-10(2)8-7-9-11(13-6)12(3,4)5/h10H,7-9H2,1-6H3. The van der Waals surface area contributed by atoms with Crippen molar-refractivity contribution in [2.75, 3.05) is 7.05 Å². The van der Waals surface area contributed by atoms with Crippen LogP contribution < -0.4 is 0 Å². The summed E-state index contributed by atoms with van der Waals surface area (Å²) in [4.78, 5) is 4.37. The highest BCUT2D eigenvalue weighted by molar-refractivity contribution is 5.89. The van der Waals surface area contributed by atoms with Crippen LogP contribution in [0.25, 0.3) is 0 Å². The van der Waals surface area contributed by atoms with Crippen molar-refractivity contribution in [3.8, 4) is 0 Å². The summed E-state index contributed by atoms with van der Waals surface area (Å²) >= 11 is 0. The molecule has 0 aromatic rings. The maximum absolute atomic E-state index is 4.37. The van der Waals surface area contributed by atoms with Gasteiger partial charge in [-0.25, -0.2) is 0 Å². The van der Waals surface area contributed by atoms with Gasteiger partial charge in [0.1, 0.15) is 0 Å². The quantitative estimate of drug-likeness (QED) is 0.586. The molecule has 0 saturated heterocycles. The molecule has 0 aromatic heterocycles. The van der Waals surface area contributed by atoms with Gasteiger partial charge in [-0.2, -0.15) is 0 Å². The van der Waals surface area contributed by atoms with E-state index in [0.29, 0.717) is 0 Å². The third-order valence-corrected chi connectivity index (χ3v) is 2.33. The first kappa shape index (κ1) is 12.7. The zero-order valence-corrected chi connectivity index (χ0v) is 10.1. The van der Waals surface area contributed by atoms with E-state index in [1.807, 2.05) is 7.05 Å². The zero-order chi connectivity index (χ0) is 10.5. The minimum absolute atomic E-state index is 0.256. The molecule has 0 amide bonds. The normalized spacial score (nSPS) is 13.9. The molecule has 0 saturated carbocycles. The molecule has 0 spiro atoms. The summed E-state index contributed by atoms with van der Waals surface area (Å²) in [5.41, 5.74) is 1.61. The van der Waals surface area contributed by atoms with Crippen LogP contribution in [0.3, 0.4) is 0 Å². The maximum Gasteiger partial charge on any atom is 0.0276 e. The van der Waals surface area contributed by atoms with Crippen molar-refractivity contribution in [1.82, 2.24) is 0 Å². The molecule has 78 valence electrons. The summed E-state index contributed by atoms with van der Waals surface area (Å²) in [6, 6.07) is 0. The Kier molecular flexibility index (Phi) is 5.27. The van der Waals surface area contributed by atoms with Gasteiger partial charge in [0.25, 0.3) is 0 Å². The molecule has 0 bridgehead atoms. The van der Waals surface area contributed by atoms with Crippen LogP contribution in [0.5, 0.6) is 0 Å². The highest BCUT2D eigenvalue weighted by Gasteiger charge is 2.17. The molecule has 0 atom stereocenters. The van der Waals surface area contributed by atoms with Gasteiger partial charge in [0.15, 0.2) is 0 Å². The van der Waals surface area contributed by atoms with Crippen LogP contribution in [-0.2, 0) is 0 Å². The van der Waals surface area contributed by atoms with Crippen LogP contribution in [-0.4, -0.2) is 12.8 Å². The molecular weight excluding hydrogens is 158 g/mol. The molecule has 0 radical (unpaired) electrons. The Morgan fingerprint density at radius 2 is 1.77 bits per heavy atom. The van der Waals surface area contributed by atoms with Crippen LogP contribution in [0.2, 0.25) is 0 Å². The summed E-state index contributed by atoms with van der Waals surface area (Å²) in [5, 5.41) is 0. The van der Waals surface area contributed by atoms with Crippen LogP contribution in [0.1, 0.15) is 53.9 Å². The Morgan fingerprint density at radius 3 is 2.08 bits per heavy atom. The largest absolute Gasteiger partial charge is 0.297 e. The van der Waals surface area contributed by atoms with E-state index in [-0.39, 0.29) is 5.41 Å². The van der Waals surface area contributed by atoms with Gasteiger partial charge in [-0.15, -0.1) is 0 Å². The Balaban J connectivity index is 3.89. The lowest BCUT2D eigenvalue weighted by Gasteiger charge is -2.21. The summed E-state index contributed by atoms with van der Waals surface area (Å²) in [6.45, 7) is 11.3. The van der Waals surface area contributed by atoms with Gasteiger partial charge in [0.05, 0.1) is 0 Å². The Labute approximate surface area is 83.6 Å². The molecule has 0 N–H and O–H groups in total. The van der Waals surface area contributed by atoms with Gasteiger partial charge in [-0.1, -0.05) is 41.0 Å². The van der Waals surface area contributed by atoms with Crippen molar-refractivity contribution in [2.24, 2.45) is 16.3 Å². The van der Waals surface area contributed by atoms with Gasteiger partial charge in [0, 0.05) is 12.8 Å². The fourth-order valence-corrected chi connectivity index (χ4v) is 1.50. The molecule has 1 nitrogen and oxygen atoms in total. The van der Waals surface area contributed by atoms with Crippen molar-refractivity contribution in [1.29, 1.82) is 0 Å². The molecule has 0 aliphatic heterocycles. The van der Waals surface area contributed by atoms with Gasteiger partial charge in [0.2, 0.25) is 0 Å². The minimum atomic E-state index is 0.256. The summed E-state index contributed by atoms with van der Waals surface area (Å²) in [6.07, 6.45) is 3.76. The molecule has 0 aliphatic carbocycles. The number of nitrogens with zero attached hydrogens (tertiary/aromatic N) is 1. The highest BCUT2D eigenvalue weighted by Crippen LogP contribution is 2.20. The minimum Gasteiger partial charge on any atom is -0.297 e. The van der Waals surface area contributed by atoms with Crippen LogP contribution in [0.4, 0.5) is 0 Å². The monoisotopic (exact) mass is 183 g/mol. The SMILES string of the molecule is CN=C(CCCC(C)C)C(C)(C)C. The molecule has 0 unspecified atom stereocenters. The maximum atomic E-state index is 4.37. The first-order valence-electron chi connectivity index (χ1n) is 5.34. The van der Waals surface area contributed by atoms with E-state index in [1.54, 1.807) is 0 Å². The predicted molar refractivity (Wildman–Crippen MR) is 61.5 cm³/mol. The van der Waals surface area contributed by atoms with Gasteiger partial charge in [-0.3, -0.25) is 4.99 Å². The fraction of sp³-hybridized carbons (Fsp3) is 0.917. The lowest BCUT2D eigenvalue weighted by molar-refractivity contribution is 0.535. The second-order valence-electron chi connectivity index (χ2n) is 5.21. The smallest absolute Gasteiger partial charge is 0.0276 e. The number of hydrogen-bond donors (Lipinski definition) is 0. The van der Waals surface area contributed by atoms with Gasteiger partial charge in [-0.05, 0) is 24.2 Å².